The quantitative estimate of drug-likeness (QED) is 0.522. The molecule has 1 amide bonds. The Bertz CT molecular complexity index is 1100. The maximum Gasteiger partial charge on any atom is 0.277 e. The molecule has 7 nitrogen and oxygen atoms in total. The average molecular weight is 389 g/mol. The number of carbonyl (C=O) groups is 1. The summed E-state index contributed by atoms with van der Waals surface area (Å²) < 4.78 is 15.9. The Hall–Kier alpha value is -3.87. The van der Waals surface area contributed by atoms with Gasteiger partial charge in [-0.2, -0.15) is 5.10 Å². The van der Waals surface area contributed by atoms with Gasteiger partial charge in [0, 0.05) is 5.56 Å². The van der Waals surface area contributed by atoms with Crippen LogP contribution in [0.1, 0.15) is 28.6 Å². The lowest BCUT2D eigenvalue weighted by atomic mass is 10.1. The van der Waals surface area contributed by atoms with Crippen molar-refractivity contribution in [2.75, 3.05) is 6.79 Å². The van der Waals surface area contributed by atoms with E-state index >= 15 is 0 Å². The first-order valence-corrected chi connectivity index (χ1v) is 9.06. The van der Waals surface area contributed by atoms with Gasteiger partial charge in [0.05, 0.1) is 5.71 Å². The molecule has 29 heavy (non-hydrogen) atoms. The number of hydrogen-bond acceptors (Lipinski definition) is 6. The summed E-state index contributed by atoms with van der Waals surface area (Å²) in [5.41, 5.74) is 5.80. The van der Waals surface area contributed by atoms with Gasteiger partial charge in [0.25, 0.3) is 5.91 Å². The van der Waals surface area contributed by atoms with E-state index in [-0.39, 0.29) is 12.7 Å². The zero-order valence-electron chi connectivity index (χ0n) is 16.0. The van der Waals surface area contributed by atoms with Crippen LogP contribution in [-0.4, -0.2) is 23.6 Å². The highest BCUT2D eigenvalue weighted by Crippen LogP contribution is 2.32. The Morgan fingerprint density at radius 2 is 1.93 bits per heavy atom. The van der Waals surface area contributed by atoms with Crippen LogP contribution < -0.4 is 14.9 Å². The van der Waals surface area contributed by atoms with Crippen LogP contribution in [0.4, 0.5) is 0 Å². The zero-order valence-corrected chi connectivity index (χ0v) is 16.0. The van der Waals surface area contributed by atoms with Crippen LogP contribution >= 0.6 is 0 Å². The summed E-state index contributed by atoms with van der Waals surface area (Å²) in [5.74, 6) is 1.51. The van der Waals surface area contributed by atoms with Crippen molar-refractivity contribution in [3.8, 4) is 22.8 Å². The standard InChI is InChI=1S/C22H19N3O4/c1-14(8-9-16-10-11-18-19(12-16)28-13-27-18)23-24-22(26)20-15(2)29-25-21(20)17-6-4-3-5-7-17/h3-12H,13H2,1-2H3,(H,24,26)/b9-8+,23-14-. The molecule has 4 rings (SSSR count). The third-order valence-electron chi connectivity index (χ3n) is 4.38. The van der Waals surface area contributed by atoms with Crippen molar-refractivity contribution in [3.05, 3.63) is 71.5 Å². The van der Waals surface area contributed by atoms with E-state index < -0.39 is 0 Å². The molecular weight excluding hydrogens is 370 g/mol. The highest BCUT2D eigenvalue weighted by atomic mass is 16.7. The van der Waals surface area contributed by atoms with E-state index in [1.807, 2.05) is 54.6 Å². The molecule has 3 aromatic rings. The van der Waals surface area contributed by atoms with Gasteiger partial charge in [-0.05, 0) is 37.6 Å². The average Bonchev–Trinajstić information content (AvgIpc) is 3.37. The molecule has 7 heteroatoms. The Morgan fingerprint density at radius 3 is 2.76 bits per heavy atom. The first-order valence-electron chi connectivity index (χ1n) is 9.06. The van der Waals surface area contributed by atoms with Crippen LogP contribution in [0, 0.1) is 6.92 Å². The van der Waals surface area contributed by atoms with Crippen LogP contribution in [0.5, 0.6) is 11.5 Å². The minimum Gasteiger partial charge on any atom is -0.454 e. The number of aromatic nitrogens is 1. The summed E-state index contributed by atoms with van der Waals surface area (Å²) in [5, 5.41) is 8.17. The fourth-order valence-corrected chi connectivity index (χ4v) is 2.90. The number of ether oxygens (including phenoxy) is 2. The Kier molecular flexibility index (Phi) is 5.11. The van der Waals surface area contributed by atoms with Gasteiger partial charge in [0.15, 0.2) is 11.5 Å². The molecule has 0 radical (unpaired) electrons. The molecule has 0 bridgehead atoms. The van der Waals surface area contributed by atoms with Crippen molar-refractivity contribution in [1.82, 2.24) is 10.6 Å². The molecule has 0 aliphatic carbocycles. The third kappa shape index (κ3) is 4.03. The molecule has 0 unspecified atom stereocenters. The van der Waals surface area contributed by atoms with E-state index in [0.29, 0.717) is 28.5 Å². The smallest absolute Gasteiger partial charge is 0.277 e. The second kappa shape index (κ2) is 8.02. The molecule has 0 saturated carbocycles. The first kappa shape index (κ1) is 18.5. The minimum absolute atomic E-state index is 0.238. The number of fused-ring (bicyclic) bond motifs is 1. The van der Waals surface area contributed by atoms with Gasteiger partial charge in [-0.25, -0.2) is 5.43 Å². The van der Waals surface area contributed by atoms with Crippen LogP contribution in [0.3, 0.4) is 0 Å². The number of carbonyl (C=O) groups excluding carboxylic acids is 1. The molecule has 1 aromatic heterocycles. The van der Waals surface area contributed by atoms with Crippen LogP contribution in [0.2, 0.25) is 0 Å². The summed E-state index contributed by atoms with van der Waals surface area (Å²) in [6.45, 7) is 3.73. The highest BCUT2D eigenvalue weighted by molar-refractivity contribution is 6.02. The predicted molar refractivity (Wildman–Crippen MR) is 109 cm³/mol. The molecule has 0 spiro atoms. The number of aryl methyl sites for hydroxylation is 1. The molecule has 1 aliphatic heterocycles. The molecule has 2 aromatic carbocycles. The van der Waals surface area contributed by atoms with Gasteiger partial charge in [-0.15, -0.1) is 0 Å². The van der Waals surface area contributed by atoms with Gasteiger partial charge in [-0.1, -0.05) is 47.6 Å². The maximum absolute atomic E-state index is 12.7. The third-order valence-corrected chi connectivity index (χ3v) is 4.38. The summed E-state index contributed by atoms with van der Waals surface area (Å²) in [6.07, 6.45) is 3.68. The monoisotopic (exact) mass is 389 g/mol. The summed E-state index contributed by atoms with van der Waals surface area (Å²) in [7, 11) is 0. The number of rotatable bonds is 5. The van der Waals surface area contributed by atoms with E-state index in [0.717, 1.165) is 16.9 Å². The Morgan fingerprint density at radius 1 is 1.14 bits per heavy atom. The summed E-state index contributed by atoms with van der Waals surface area (Å²) in [6, 6.07) is 15.1. The van der Waals surface area contributed by atoms with Crippen LogP contribution in [-0.2, 0) is 0 Å². The lowest BCUT2D eigenvalue weighted by Crippen LogP contribution is -2.19. The number of amides is 1. The van der Waals surface area contributed by atoms with Gasteiger partial charge >= 0.3 is 0 Å². The second-order valence-electron chi connectivity index (χ2n) is 6.47. The molecule has 1 N–H and O–H groups in total. The molecule has 2 heterocycles. The maximum atomic E-state index is 12.7. The first-order chi connectivity index (χ1) is 14.1. The van der Waals surface area contributed by atoms with E-state index in [4.69, 9.17) is 14.0 Å². The number of allylic oxidation sites excluding steroid dienone is 1. The molecule has 1 aliphatic rings. The van der Waals surface area contributed by atoms with Crippen molar-refractivity contribution in [1.29, 1.82) is 0 Å². The Balaban J connectivity index is 1.46. The summed E-state index contributed by atoms with van der Waals surface area (Å²) >= 11 is 0. The van der Waals surface area contributed by atoms with Crippen molar-refractivity contribution in [2.45, 2.75) is 13.8 Å². The topological polar surface area (TPSA) is 86.0 Å². The lowest BCUT2D eigenvalue weighted by molar-refractivity contribution is 0.0954. The predicted octanol–water partition coefficient (Wildman–Crippen LogP) is 4.20. The number of nitrogens with zero attached hydrogens (tertiary/aromatic N) is 2. The largest absolute Gasteiger partial charge is 0.454 e. The van der Waals surface area contributed by atoms with Crippen molar-refractivity contribution in [2.24, 2.45) is 5.10 Å². The number of nitrogens with one attached hydrogen (secondary N) is 1. The van der Waals surface area contributed by atoms with Crippen molar-refractivity contribution in [3.63, 3.8) is 0 Å². The van der Waals surface area contributed by atoms with E-state index in [1.165, 1.54) is 0 Å². The van der Waals surface area contributed by atoms with E-state index in [2.05, 4.69) is 15.7 Å². The highest BCUT2D eigenvalue weighted by Gasteiger charge is 2.21. The van der Waals surface area contributed by atoms with Gasteiger partial charge in [0.2, 0.25) is 6.79 Å². The zero-order chi connectivity index (χ0) is 20.2. The SMILES string of the molecule is CC(/C=C/c1ccc2c(c1)OCO2)=N/NC(=O)c1c(-c2ccccc2)noc1C. The second-order valence-corrected chi connectivity index (χ2v) is 6.47. The summed E-state index contributed by atoms with van der Waals surface area (Å²) in [4.78, 5) is 12.7. The number of hydrazone groups is 1. The van der Waals surface area contributed by atoms with Crippen LogP contribution in [0.15, 0.2) is 64.2 Å². The van der Waals surface area contributed by atoms with Gasteiger partial charge in [-0.3, -0.25) is 4.79 Å². The van der Waals surface area contributed by atoms with E-state index in [9.17, 15) is 4.79 Å². The number of benzene rings is 2. The minimum atomic E-state index is -0.376. The molecule has 146 valence electrons. The fraction of sp³-hybridized carbons (Fsp3) is 0.136. The Labute approximate surface area is 167 Å². The lowest BCUT2D eigenvalue weighted by Gasteiger charge is -2.02. The van der Waals surface area contributed by atoms with Gasteiger partial charge < -0.3 is 14.0 Å². The molecule has 0 atom stereocenters. The van der Waals surface area contributed by atoms with Crippen molar-refractivity contribution < 1.29 is 18.8 Å². The molecular formula is C22H19N3O4. The fourth-order valence-electron chi connectivity index (χ4n) is 2.90. The molecule has 0 saturated heterocycles. The normalized spacial score (nSPS) is 13.1. The number of hydrogen-bond donors (Lipinski definition) is 1. The van der Waals surface area contributed by atoms with Crippen molar-refractivity contribution >= 4 is 17.7 Å². The van der Waals surface area contributed by atoms with Gasteiger partial charge in [0.1, 0.15) is 17.0 Å². The van der Waals surface area contributed by atoms with E-state index in [1.54, 1.807) is 19.9 Å². The molecule has 0 fully saturated rings. The van der Waals surface area contributed by atoms with Crippen LogP contribution in [0.25, 0.3) is 17.3 Å².